The van der Waals surface area contributed by atoms with Gasteiger partial charge in [-0.05, 0) is 50.2 Å². The molecule has 1 aromatic carbocycles. The number of hydrogen-bond donors (Lipinski definition) is 2. The zero-order valence-electron chi connectivity index (χ0n) is 15.5. The van der Waals surface area contributed by atoms with Crippen LogP contribution >= 0.6 is 0 Å². The molecule has 2 aromatic rings. The zero-order chi connectivity index (χ0) is 18.6. The van der Waals surface area contributed by atoms with Crippen molar-refractivity contribution in [1.82, 2.24) is 30.4 Å². The van der Waals surface area contributed by atoms with E-state index in [9.17, 15) is 4.79 Å². The molecule has 3 heterocycles. The molecule has 0 spiro atoms. The molecule has 144 valence electrons. The van der Waals surface area contributed by atoms with Gasteiger partial charge in [-0.3, -0.25) is 4.90 Å². The van der Waals surface area contributed by atoms with E-state index < -0.39 is 0 Å². The highest BCUT2D eigenvalue weighted by Crippen LogP contribution is 2.20. The van der Waals surface area contributed by atoms with Gasteiger partial charge in [-0.25, -0.2) is 4.79 Å². The van der Waals surface area contributed by atoms with Gasteiger partial charge in [-0.2, -0.15) is 4.80 Å². The molecular weight excluding hydrogens is 346 g/mol. The number of carbonyl (C=O) groups excluding carboxylic acids is 1. The van der Waals surface area contributed by atoms with Crippen LogP contribution in [0.1, 0.15) is 19.8 Å². The maximum Gasteiger partial charge on any atom is 0.319 e. The maximum atomic E-state index is 12.5. The van der Waals surface area contributed by atoms with Crippen LogP contribution in [-0.2, 0) is 11.3 Å². The summed E-state index contributed by atoms with van der Waals surface area (Å²) in [4.78, 5) is 16.4. The molecule has 2 atom stereocenters. The lowest BCUT2D eigenvalue weighted by atomic mass is 10.1. The van der Waals surface area contributed by atoms with Gasteiger partial charge in [0, 0.05) is 11.3 Å². The van der Waals surface area contributed by atoms with Crippen molar-refractivity contribution in [3.63, 3.8) is 0 Å². The minimum Gasteiger partial charge on any atom is -0.378 e. The van der Waals surface area contributed by atoms with Gasteiger partial charge in [0.25, 0.3) is 0 Å². The second-order valence-electron chi connectivity index (χ2n) is 6.94. The second-order valence-corrected chi connectivity index (χ2v) is 6.94. The number of benzene rings is 1. The third kappa shape index (κ3) is 4.09. The highest BCUT2D eigenvalue weighted by atomic mass is 16.5. The van der Waals surface area contributed by atoms with Gasteiger partial charge in [0.2, 0.25) is 5.82 Å². The van der Waals surface area contributed by atoms with Gasteiger partial charge >= 0.3 is 6.03 Å². The Morgan fingerprint density at radius 2 is 2.15 bits per heavy atom. The summed E-state index contributed by atoms with van der Waals surface area (Å²) in [5.41, 5.74) is 1.50. The first-order chi connectivity index (χ1) is 13.2. The fourth-order valence-corrected chi connectivity index (χ4v) is 3.68. The van der Waals surface area contributed by atoms with E-state index in [1.807, 2.05) is 31.2 Å². The van der Waals surface area contributed by atoms with Gasteiger partial charge < -0.3 is 15.4 Å². The molecule has 27 heavy (non-hydrogen) atoms. The van der Waals surface area contributed by atoms with Gasteiger partial charge in [-0.1, -0.05) is 12.1 Å². The molecule has 9 nitrogen and oxygen atoms in total. The van der Waals surface area contributed by atoms with Crippen LogP contribution < -0.4 is 10.6 Å². The smallest absolute Gasteiger partial charge is 0.319 e. The molecule has 0 radical (unpaired) electrons. The van der Waals surface area contributed by atoms with Crippen molar-refractivity contribution in [3.05, 3.63) is 24.3 Å². The topological polar surface area (TPSA) is 97.2 Å². The Hall–Kier alpha value is -2.52. The molecule has 0 aliphatic carbocycles. The number of carbonyl (C=O) groups is 1. The van der Waals surface area contributed by atoms with Gasteiger partial charge in [0.1, 0.15) is 0 Å². The minimum absolute atomic E-state index is 0.0115. The molecule has 2 saturated heterocycles. The van der Waals surface area contributed by atoms with Crippen LogP contribution in [0.3, 0.4) is 0 Å². The fraction of sp³-hybridized carbons (Fsp3) is 0.556. The van der Waals surface area contributed by atoms with Gasteiger partial charge in [0.05, 0.1) is 31.8 Å². The Labute approximate surface area is 158 Å². The number of tetrazole rings is 1. The molecular formula is C18H25N7O2. The number of likely N-dealkylation sites (tertiary alicyclic amines) is 1. The second kappa shape index (κ2) is 8.01. The van der Waals surface area contributed by atoms with Gasteiger partial charge in [-0.15, -0.1) is 10.2 Å². The van der Waals surface area contributed by atoms with E-state index in [1.54, 1.807) is 0 Å². The van der Waals surface area contributed by atoms with Crippen molar-refractivity contribution >= 4 is 11.7 Å². The quantitative estimate of drug-likeness (QED) is 0.823. The Balaban J connectivity index is 1.38. The minimum atomic E-state index is -0.225. The van der Waals surface area contributed by atoms with Crippen molar-refractivity contribution in [2.75, 3.05) is 31.6 Å². The highest BCUT2D eigenvalue weighted by molar-refractivity contribution is 5.90. The summed E-state index contributed by atoms with van der Waals surface area (Å²) in [7, 11) is 0. The van der Waals surface area contributed by atoms with Crippen LogP contribution in [0.15, 0.2) is 24.3 Å². The summed E-state index contributed by atoms with van der Waals surface area (Å²) in [6.07, 6.45) is 2.44. The first-order valence-electron chi connectivity index (χ1n) is 9.50. The lowest BCUT2D eigenvalue weighted by Gasteiger charge is -2.27. The molecule has 0 saturated carbocycles. The number of ether oxygens (including phenoxy) is 1. The van der Waals surface area contributed by atoms with Crippen molar-refractivity contribution in [3.8, 4) is 11.4 Å². The van der Waals surface area contributed by atoms with Crippen LogP contribution in [0.25, 0.3) is 11.4 Å². The van der Waals surface area contributed by atoms with Crippen molar-refractivity contribution in [1.29, 1.82) is 0 Å². The molecule has 2 amide bonds. The molecule has 2 aliphatic heterocycles. The largest absolute Gasteiger partial charge is 0.378 e. The summed E-state index contributed by atoms with van der Waals surface area (Å²) in [5, 5.41) is 18.3. The van der Waals surface area contributed by atoms with Crippen LogP contribution in [0.5, 0.6) is 0 Å². The number of nitrogens with zero attached hydrogens (tertiary/aromatic N) is 5. The van der Waals surface area contributed by atoms with Crippen LogP contribution in [0.2, 0.25) is 0 Å². The van der Waals surface area contributed by atoms with Crippen molar-refractivity contribution < 1.29 is 9.53 Å². The molecule has 1 aromatic heterocycles. The van der Waals surface area contributed by atoms with Crippen molar-refractivity contribution in [2.24, 2.45) is 0 Å². The third-order valence-corrected chi connectivity index (χ3v) is 5.09. The van der Waals surface area contributed by atoms with Gasteiger partial charge in [0.15, 0.2) is 0 Å². The van der Waals surface area contributed by atoms with E-state index in [0.717, 1.165) is 18.7 Å². The van der Waals surface area contributed by atoms with E-state index in [0.29, 0.717) is 31.3 Å². The number of aryl methyl sites for hydroxylation is 1. The molecule has 2 fully saturated rings. The Kier molecular flexibility index (Phi) is 5.30. The van der Waals surface area contributed by atoms with Crippen LogP contribution in [0.4, 0.5) is 10.5 Å². The number of urea groups is 1. The third-order valence-electron chi connectivity index (χ3n) is 5.09. The zero-order valence-corrected chi connectivity index (χ0v) is 15.5. The van der Waals surface area contributed by atoms with E-state index in [4.69, 9.17) is 4.74 Å². The summed E-state index contributed by atoms with van der Waals surface area (Å²) < 4.78 is 5.61. The summed E-state index contributed by atoms with van der Waals surface area (Å²) in [5.74, 6) is 0.541. The summed E-state index contributed by atoms with van der Waals surface area (Å²) in [6, 6.07) is 7.50. The Bertz CT molecular complexity index is 788. The average molecular weight is 371 g/mol. The van der Waals surface area contributed by atoms with Crippen LogP contribution in [0, 0.1) is 0 Å². The van der Waals surface area contributed by atoms with E-state index >= 15 is 0 Å². The lowest BCUT2D eigenvalue weighted by Crippen LogP contribution is -2.51. The van der Waals surface area contributed by atoms with E-state index in [2.05, 4.69) is 30.9 Å². The molecule has 2 N–H and O–H groups in total. The van der Waals surface area contributed by atoms with E-state index in [1.165, 1.54) is 17.6 Å². The summed E-state index contributed by atoms with van der Waals surface area (Å²) in [6.45, 7) is 6.02. The standard InChI is InChI=1S/C18H25N7O2/c1-2-25-22-17(21-23-25)13-6-5-7-14(10-13)19-18(26)20-15-11-27-12-16(15)24-8-3-4-9-24/h5-7,10,15-16H,2-4,8-9,11-12H2,1H3,(H2,19,20,26)/t15-,16-/m0/s1. The van der Waals surface area contributed by atoms with E-state index in [-0.39, 0.29) is 18.1 Å². The lowest BCUT2D eigenvalue weighted by molar-refractivity contribution is 0.159. The first kappa shape index (κ1) is 17.9. The SMILES string of the molecule is CCn1nnc(-c2cccc(NC(=O)N[C@H]3COC[C@@H]3N3CCCC3)c2)n1. The number of nitrogens with one attached hydrogen (secondary N) is 2. The predicted molar refractivity (Wildman–Crippen MR) is 100 cm³/mol. The maximum absolute atomic E-state index is 12.5. The Morgan fingerprint density at radius 1 is 1.30 bits per heavy atom. The number of aromatic nitrogens is 4. The molecule has 9 heteroatoms. The first-order valence-corrected chi connectivity index (χ1v) is 9.50. The molecule has 2 aliphatic rings. The molecule has 0 bridgehead atoms. The van der Waals surface area contributed by atoms with Crippen LogP contribution in [-0.4, -0.2) is 69.5 Å². The normalized spacial score (nSPS) is 22.9. The molecule has 0 unspecified atom stereocenters. The number of amides is 2. The number of rotatable bonds is 5. The number of hydrogen-bond acceptors (Lipinski definition) is 6. The monoisotopic (exact) mass is 371 g/mol. The number of anilines is 1. The molecule has 4 rings (SSSR count). The Morgan fingerprint density at radius 3 is 2.93 bits per heavy atom. The fourth-order valence-electron chi connectivity index (χ4n) is 3.68. The predicted octanol–water partition coefficient (Wildman–Crippen LogP) is 1.34. The summed E-state index contributed by atoms with van der Waals surface area (Å²) >= 11 is 0. The average Bonchev–Trinajstić information content (AvgIpc) is 3.42. The highest BCUT2D eigenvalue weighted by Gasteiger charge is 2.35. The van der Waals surface area contributed by atoms with Crippen molar-refractivity contribution in [2.45, 2.75) is 38.4 Å².